The van der Waals surface area contributed by atoms with Gasteiger partial charge < -0.3 is 5.73 Å². The number of fused-ring (bicyclic) bond motifs is 1. The molecule has 0 aliphatic heterocycles. The number of alkyl halides is 1. The summed E-state index contributed by atoms with van der Waals surface area (Å²) in [6, 6.07) is 7.87. The molecule has 0 saturated heterocycles. The first-order valence-electron chi connectivity index (χ1n) is 4.02. The van der Waals surface area contributed by atoms with Gasteiger partial charge in [-0.2, -0.15) is 5.26 Å². The van der Waals surface area contributed by atoms with Crippen molar-refractivity contribution >= 4 is 43.0 Å². The number of hydrogen-bond donors (Lipinski definition) is 1. The molecular formula is C10H7BrN2S. The van der Waals surface area contributed by atoms with Gasteiger partial charge in [-0.1, -0.05) is 15.9 Å². The number of hydrogen-bond acceptors (Lipinski definition) is 3. The third-order valence-electron chi connectivity index (χ3n) is 1.99. The standard InChI is InChI=1S/C10H7BrN2S/c11-4-8-2-6-1-7(5-12)9(13)3-10(6)14-8/h1-3H,4,13H2. The molecule has 14 heavy (non-hydrogen) atoms. The van der Waals surface area contributed by atoms with Gasteiger partial charge in [-0.3, -0.25) is 0 Å². The first-order chi connectivity index (χ1) is 6.74. The second kappa shape index (κ2) is 3.60. The van der Waals surface area contributed by atoms with Crippen molar-refractivity contribution in [3.63, 3.8) is 0 Å². The van der Waals surface area contributed by atoms with Crippen LogP contribution in [0, 0.1) is 11.3 Å². The lowest BCUT2D eigenvalue weighted by atomic mass is 10.1. The second-order valence-corrected chi connectivity index (χ2v) is 4.66. The van der Waals surface area contributed by atoms with Crippen LogP contribution in [0.1, 0.15) is 10.4 Å². The van der Waals surface area contributed by atoms with E-state index in [1.54, 1.807) is 11.3 Å². The highest BCUT2D eigenvalue weighted by Crippen LogP contribution is 2.30. The summed E-state index contributed by atoms with van der Waals surface area (Å²) >= 11 is 5.10. The lowest BCUT2D eigenvalue weighted by molar-refractivity contribution is 1.50. The molecule has 1 heterocycles. The van der Waals surface area contributed by atoms with Gasteiger partial charge in [0.05, 0.1) is 11.3 Å². The fraction of sp³-hybridized carbons (Fsp3) is 0.100. The third kappa shape index (κ3) is 1.49. The topological polar surface area (TPSA) is 49.8 Å². The summed E-state index contributed by atoms with van der Waals surface area (Å²) in [5, 5.41) is 10.7. The average molecular weight is 267 g/mol. The smallest absolute Gasteiger partial charge is 0.101 e. The largest absolute Gasteiger partial charge is 0.398 e. The lowest BCUT2D eigenvalue weighted by Crippen LogP contribution is -1.88. The van der Waals surface area contributed by atoms with Crippen LogP contribution in [-0.2, 0) is 5.33 Å². The number of nitrogen functional groups attached to an aromatic ring is 1. The SMILES string of the molecule is N#Cc1cc2cc(CBr)sc2cc1N. The zero-order chi connectivity index (χ0) is 10.1. The lowest BCUT2D eigenvalue weighted by Gasteiger charge is -1.95. The maximum absolute atomic E-state index is 8.81. The minimum absolute atomic E-state index is 0.552. The van der Waals surface area contributed by atoms with Crippen LogP contribution in [0.25, 0.3) is 10.1 Å². The molecule has 70 valence electrons. The Morgan fingerprint density at radius 2 is 2.21 bits per heavy atom. The Morgan fingerprint density at radius 1 is 1.43 bits per heavy atom. The summed E-state index contributed by atoms with van der Waals surface area (Å²) in [5.74, 6) is 0. The number of benzene rings is 1. The van der Waals surface area contributed by atoms with Crippen molar-refractivity contribution in [1.29, 1.82) is 5.26 Å². The van der Waals surface area contributed by atoms with E-state index in [9.17, 15) is 0 Å². The van der Waals surface area contributed by atoms with E-state index in [0.717, 1.165) is 15.4 Å². The van der Waals surface area contributed by atoms with Gasteiger partial charge in [0.15, 0.2) is 0 Å². The van der Waals surface area contributed by atoms with Gasteiger partial charge in [0.25, 0.3) is 0 Å². The Kier molecular flexibility index (Phi) is 2.44. The summed E-state index contributed by atoms with van der Waals surface area (Å²) in [6.07, 6.45) is 0. The van der Waals surface area contributed by atoms with Crippen LogP contribution in [0.15, 0.2) is 18.2 Å². The van der Waals surface area contributed by atoms with E-state index in [1.807, 2.05) is 12.1 Å². The van der Waals surface area contributed by atoms with E-state index < -0.39 is 0 Å². The summed E-state index contributed by atoms with van der Waals surface area (Å²) in [4.78, 5) is 1.24. The van der Waals surface area contributed by atoms with Crippen LogP contribution in [-0.4, -0.2) is 0 Å². The molecule has 4 heteroatoms. The number of halogens is 1. The molecule has 2 aromatic rings. The summed E-state index contributed by atoms with van der Waals surface area (Å²) in [7, 11) is 0. The van der Waals surface area contributed by atoms with Gasteiger partial charge >= 0.3 is 0 Å². The van der Waals surface area contributed by atoms with E-state index in [2.05, 4.69) is 28.1 Å². The minimum Gasteiger partial charge on any atom is -0.398 e. The van der Waals surface area contributed by atoms with Crippen LogP contribution in [0.4, 0.5) is 5.69 Å². The van der Waals surface area contributed by atoms with Crippen LogP contribution in [0.2, 0.25) is 0 Å². The fourth-order valence-corrected chi connectivity index (χ4v) is 2.77. The number of nitrogens with two attached hydrogens (primary N) is 1. The number of anilines is 1. The fourth-order valence-electron chi connectivity index (χ4n) is 1.32. The number of nitriles is 1. The van der Waals surface area contributed by atoms with Crippen LogP contribution < -0.4 is 5.73 Å². The molecule has 0 radical (unpaired) electrons. The number of nitrogens with zero attached hydrogens (tertiary/aromatic N) is 1. The zero-order valence-corrected chi connectivity index (χ0v) is 9.65. The van der Waals surface area contributed by atoms with Crippen molar-refractivity contribution in [3.05, 3.63) is 28.6 Å². The number of rotatable bonds is 1. The van der Waals surface area contributed by atoms with E-state index >= 15 is 0 Å². The molecule has 1 aromatic heterocycles. The van der Waals surface area contributed by atoms with Crippen molar-refractivity contribution in [2.24, 2.45) is 0 Å². The second-order valence-electron chi connectivity index (χ2n) is 2.94. The predicted molar refractivity (Wildman–Crippen MR) is 63.6 cm³/mol. The quantitative estimate of drug-likeness (QED) is 0.637. The van der Waals surface area contributed by atoms with Gasteiger partial charge in [-0.25, -0.2) is 0 Å². The summed E-state index contributed by atoms with van der Waals surface area (Å²) < 4.78 is 1.14. The van der Waals surface area contributed by atoms with Crippen LogP contribution in [0.5, 0.6) is 0 Å². The van der Waals surface area contributed by atoms with Gasteiger partial charge in [0.2, 0.25) is 0 Å². The Labute approximate surface area is 94.1 Å². The van der Waals surface area contributed by atoms with Crippen molar-refractivity contribution in [1.82, 2.24) is 0 Å². The minimum atomic E-state index is 0.552. The molecule has 0 aliphatic rings. The maximum atomic E-state index is 8.81. The van der Waals surface area contributed by atoms with Crippen molar-refractivity contribution in [3.8, 4) is 6.07 Å². The molecule has 0 fully saturated rings. The van der Waals surface area contributed by atoms with Crippen molar-refractivity contribution in [2.45, 2.75) is 5.33 Å². The molecular weight excluding hydrogens is 260 g/mol. The zero-order valence-electron chi connectivity index (χ0n) is 7.25. The first-order valence-corrected chi connectivity index (χ1v) is 5.96. The molecule has 0 aliphatic carbocycles. The Morgan fingerprint density at radius 3 is 2.86 bits per heavy atom. The van der Waals surface area contributed by atoms with Crippen LogP contribution in [0.3, 0.4) is 0 Å². The number of thiophene rings is 1. The molecule has 1 aromatic carbocycles. The highest BCUT2D eigenvalue weighted by atomic mass is 79.9. The monoisotopic (exact) mass is 266 g/mol. The average Bonchev–Trinajstić information content (AvgIpc) is 2.58. The molecule has 0 atom stereocenters. The van der Waals surface area contributed by atoms with Gasteiger partial charge in [0.1, 0.15) is 6.07 Å². The highest BCUT2D eigenvalue weighted by molar-refractivity contribution is 9.08. The van der Waals surface area contributed by atoms with E-state index in [1.165, 1.54) is 4.88 Å². The Hall–Kier alpha value is -1.05. The highest BCUT2D eigenvalue weighted by Gasteiger charge is 2.05. The summed E-state index contributed by atoms with van der Waals surface area (Å²) in [6.45, 7) is 0. The molecule has 2 N–H and O–H groups in total. The molecule has 0 bridgehead atoms. The molecule has 0 spiro atoms. The van der Waals surface area contributed by atoms with Gasteiger partial charge in [-0.05, 0) is 23.6 Å². The van der Waals surface area contributed by atoms with E-state index in [0.29, 0.717) is 11.3 Å². The molecule has 2 rings (SSSR count). The molecule has 0 saturated carbocycles. The van der Waals surface area contributed by atoms with E-state index in [4.69, 9.17) is 11.0 Å². The van der Waals surface area contributed by atoms with Crippen molar-refractivity contribution < 1.29 is 0 Å². The predicted octanol–water partition coefficient (Wildman–Crippen LogP) is 3.25. The van der Waals surface area contributed by atoms with Crippen molar-refractivity contribution in [2.75, 3.05) is 5.73 Å². The molecule has 2 nitrogen and oxygen atoms in total. The normalized spacial score (nSPS) is 10.3. The maximum Gasteiger partial charge on any atom is 0.101 e. The summed E-state index contributed by atoms with van der Waals surface area (Å²) in [5.41, 5.74) is 6.83. The Balaban J connectivity index is 2.71. The molecule has 0 amide bonds. The third-order valence-corrected chi connectivity index (χ3v) is 4.06. The van der Waals surface area contributed by atoms with Gasteiger partial charge in [-0.15, -0.1) is 11.3 Å². The van der Waals surface area contributed by atoms with Gasteiger partial charge in [0, 0.05) is 14.9 Å². The van der Waals surface area contributed by atoms with E-state index in [-0.39, 0.29) is 0 Å². The Bertz CT molecular complexity index is 525. The van der Waals surface area contributed by atoms with Crippen LogP contribution >= 0.6 is 27.3 Å². The first kappa shape index (κ1) is 9.50. The molecule has 0 unspecified atom stereocenters.